The molecular formula is C18H30N2S. The minimum Gasteiger partial charge on any atom is -0.360 e. The highest BCUT2D eigenvalue weighted by molar-refractivity contribution is 7.80. The zero-order valence-corrected chi connectivity index (χ0v) is 14.4. The van der Waals surface area contributed by atoms with Crippen molar-refractivity contribution in [3.63, 3.8) is 0 Å². The van der Waals surface area contributed by atoms with Crippen molar-refractivity contribution in [2.24, 2.45) is 23.2 Å². The highest BCUT2D eigenvalue weighted by atomic mass is 32.1. The number of hydrogen-bond donors (Lipinski definition) is 2. The molecule has 0 aromatic carbocycles. The van der Waals surface area contributed by atoms with Crippen LogP contribution in [0, 0.1) is 23.2 Å². The first-order chi connectivity index (χ1) is 9.91. The van der Waals surface area contributed by atoms with Crippen LogP contribution < -0.4 is 10.6 Å². The van der Waals surface area contributed by atoms with Crippen molar-refractivity contribution in [2.45, 2.75) is 83.2 Å². The van der Waals surface area contributed by atoms with E-state index in [1.165, 1.54) is 57.8 Å². The SMILES string of the molecule is CC1(C)CCC(NC(=S)NC23CC4CC(CC(C4)C2)C3)C1. The summed E-state index contributed by atoms with van der Waals surface area (Å²) in [4.78, 5) is 0. The Hall–Kier alpha value is -0.310. The zero-order chi connectivity index (χ0) is 14.7. The maximum absolute atomic E-state index is 5.68. The average molecular weight is 307 g/mol. The molecular weight excluding hydrogens is 276 g/mol. The molecule has 0 amide bonds. The summed E-state index contributed by atoms with van der Waals surface area (Å²) in [6.45, 7) is 4.76. The fourth-order valence-electron chi connectivity index (χ4n) is 6.29. The summed E-state index contributed by atoms with van der Waals surface area (Å²) in [5.74, 6) is 2.95. The van der Waals surface area contributed by atoms with Crippen molar-refractivity contribution in [2.75, 3.05) is 0 Å². The number of hydrogen-bond acceptors (Lipinski definition) is 1. The van der Waals surface area contributed by atoms with Gasteiger partial charge in [-0.2, -0.15) is 0 Å². The first-order valence-electron chi connectivity index (χ1n) is 9.00. The van der Waals surface area contributed by atoms with Gasteiger partial charge in [-0.3, -0.25) is 0 Å². The lowest BCUT2D eigenvalue weighted by Gasteiger charge is -2.57. The van der Waals surface area contributed by atoms with Gasteiger partial charge in [-0.15, -0.1) is 0 Å². The van der Waals surface area contributed by atoms with Crippen LogP contribution in [-0.2, 0) is 0 Å². The molecule has 5 rings (SSSR count). The van der Waals surface area contributed by atoms with Crippen molar-refractivity contribution in [1.29, 1.82) is 0 Å². The summed E-state index contributed by atoms with van der Waals surface area (Å²) < 4.78 is 0. The van der Waals surface area contributed by atoms with E-state index in [1.807, 2.05) is 0 Å². The molecule has 0 saturated heterocycles. The molecule has 5 aliphatic rings. The van der Waals surface area contributed by atoms with Crippen molar-refractivity contribution in [3.8, 4) is 0 Å². The molecule has 0 spiro atoms. The summed E-state index contributed by atoms with van der Waals surface area (Å²) in [6, 6.07) is 0.592. The van der Waals surface area contributed by atoms with Gasteiger partial charge in [0.25, 0.3) is 0 Å². The fraction of sp³-hybridized carbons (Fsp3) is 0.944. The van der Waals surface area contributed by atoms with E-state index in [4.69, 9.17) is 12.2 Å². The van der Waals surface area contributed by atoms with Crippen LogP contribution in [0.25, 0.3) is 0 Å². The second-order valence-electron chi connectivity index (χ2n) is 9.40. The van der Waals surface area contributed by atoms with Crippen molar-refractivity contribution < 1.29 is 0 Å². The molecule has 0 aliphatic heterocycles. The Morgan fingerprint density at radius 3 is 2.00 bits per heavy atom. The Morgan fingerprint density at radius 2 is 1.52 bits per heavy atom. The second kappa shape index (κ2) is 4.84. The Morgan fingerprint density at radius 1 is 0.952 bits per heavy atom. The van der Waals surface area contributed by atoms with E-state index in [0.29, 0.717) is 17.0 Å². The van der Waals surface area contributed by atoms with Crippen LogP contribution in [-0.4, -0.2) is 16.7 Å². The molecule has 21 heavy (non-hydrogen) atoms. The van der Waals surface area contributed by atoms with Crippen LogP contribution in [0.1, 0.15) is 71.6 Å². The number of rotatable bonds is 2. The summed E-state index contributed by atoms with van der Waals surface area (Å²) >= 11 is 5.68. The lowest BCUT2D eigenvalue weighted by Crippen LogP contribution is -2.62. The van der Waals surface area contributed by atoms with Crippen molar-refractivity contribution in [3.05, 3.63) is 0 Å². The molecule has 2 nitrogen and oxygen atoms in total. The third kappa shape index (κ3) is 2.83. The molecule has 4 bridgehead atoms. The van der Waals surface area contributed by atoms with Gasteiger partial charge in [0, 0.05) is 11.6 Å². The highest BCUT2D eigenvalue weighted by Crippen LogP contribution is 2.55. The van der Waals surface area contributed by atoms with Crippen molar-refractivity contribution in [1.82, 2.24) is 10.6 Å². The maximum atomic E-state index is 5.68. The normalized spacial score (nSPS) is 46.6. The fourth-order valence-corrected chi connectivity index (χ4v) is 6.67. The van der Waals surface area contributed by atoms with Gasteiger partial charge in [0.1, 0.15) is 0 Å². The molecule has 5 saturated carbocycles. The molecule has 0 aromatic rings. The number of thiocarbonyl (C=S) groups is 1. The third-order valence-corrected chi connectivity index (χ3v) is 6.94. The van der Waals surface area contributed by atoms with Gasteiger partial charge in [0.15, 0.2) is 5.11 Å². The summed E-state index contributed by atoms with van der Waals surface area (Å²) in [7, 11) is 0. The van der Waals surface area contributed by atoms with Gasteiger partial charge in [-0.1, -0.05) is 13.8 Å². The monoisotopic (exact) mass is 306 g/mol. The molecule has 5 aliphatic carbocycles. The van der Waals surface area contributed by atoms with Crippen LogP contribution in [0.3, 0.4) is 0 Å². The van der Waals surface area contributed by atoms with E-state index in [0.717, 1.165) is 22.9 Å². The number of nitrogens with one attached hydrogen (secondary N) is 2. The van der Waals surface area contributed by atoms with E-state index in [1.54, 1.807) is 0 Å². The van der Waals surface area contributed by atoms with Gasteiger partial charge in [-0.05, 0) is 93.2 Å². The second-order valence-corrected chi connectivity index (χ2v) is 9.81. The van der Waals surface area contributed by atoms with Crippen LogP contribution >= 0.6 is 12.2 Å². The topological polar surface area (TPSA) is 24.1 Å². The Bertz CT molecular complexity index is 407. The van der Waals surface area contributed by atoms with Crippen LogP contribution in [0.15, 0.2) is 0 Å². The predicted octanol–water partition coefficient (Wildman–Crippen LogP) is 4.00. The third-order valence-electron chi connectivity index (χ3n) is 6.72. The van der Waals surface area contributed by atoms with Gasteiger partial charge in [0.2, 0.25) is 0 Å². The first-order valence-corrected chi connectivity index (χ1v) is 9.41. The van der Waals surface area contributed by atoms with E-state index >= 15 is 0 Å². The van der Waals surface area contributed by atoms with E-state index in [2.05, 4.69) is 24.5 Å². The quantitative estimate of drug-likeness (QED) is 0.754. The van der Waals surface area contributed by atoms with Gasteiger partial charge < -0.3 is 10.6 Å². The lowest BCUT2D eigenvalue weighted by molar-refractivity contribution is -0.0102. The largest absolute Gasteiger partial charge is 0.360 e. The predicted molar refractivity (Wildman–Crippen MR) is 91.2 cm³/mol. The molecule has 2 N–H and O–H groups in total. The van der Waals surface area contributed by atoms with Gasteiger partial charge >= 0.3 is 0 Å². The lowest BCUT2D eigenvalue weighted by atomic mass is 9.53. The van der Waals surface area contributed by atoms with Crippen LogP contribution in [0.2, 0.25) is 0 Å². The zero-order valence-electron chi connectivity index (χ0n) is 13.6. The Labute approximate surface area is 134 Å². The van der Waals surface area contributed by atoms with Gasteiger partial charge in [0.05, 0.1) is 0 Å². The molecule has 5 fully saturated rings. The molecule has 0 aromatic heterocycles. The summed E-state index contributed by atoms with van der Waals surface area (Å²) in [5.41, 5.74) is 0.848. The Balaban J connectivity index is 1.36. The molecule has 3 heteroatoms. The van der Waals surface area contributed by atoms with Crippen LogP contribution in [0.4, 0.5) is 0 Å². The average Bonchev–Trinajstić information content (AvgIpc) is 2.65. The van der Waals surface area contributed by atoms with Crippen LogP contribution in [0.5, 0.6) is 0 Å². The van der Waals surface area contributed by atoms with E-state index in [9.17, 15) is 0 Å². The minimum absolute atomic E-state index is 0.354. The smallest absolute Gasteiger partial charge is 0.166 e. The molecule has 0 radical (unpaired) electrons. The first kappa shape index (κ1) is 14.3. The van der Waals surface area contributed by atoms with Gasteiger partial charge in [-0.25, -0.2) is 0 Å². The Kier molecular flexibility index (Phi) is 3.30. The van der Waals surface area contributed by atoms with E-state index in [-0.39, 0.29) is 0 Å². The maximum Gasteiger partial charge on any atom is 0.166 e. The molecule has 1 unspecified atom stereocenters. The summed E-state index contributed by atoms with van der Waals surface area (Å²) in [6.07, 6.45) is 12.5. The molecule has 1 atom stereocenters. The summed E-state index contributed by atoms with van der Waals surface area (Å²) in [5, 5.41) is 8.37. The standard InChI is InChI=1S/C18H30N2S/c1-17(2)4-3-15(11-17)19-16(21)20-18-8-12-5-13(9-18)7-14(6-12)10-18/h12-15H,3-11H2,1-2H3,(H2,19,20,21). The minimum atomic E-state index is 0.354. The van der Waals surface area contributed by atoms with E-state index < -0.39 is 0 Å². The molecule has 118 valence electrons. The highest BCUT2D eigenvalue weighted by Gasteiger charge is 2.51. The molecule has 0 heterocycles. The van der Waals surface area contributed by atoms with Crippen molar-refractivity contribution >= 4 is 17.3 Å².